The first-order valence-corrected chi connectivity index (χ1v) is 13.6. The SMILES string of the molecule is CN1CCN(C2=Nc3ccccc3Nc3scnc32)C(C2CCCC2)C1CCc1ccccc1. The number of hydrogen-bond acceptors (Lipinski definition) is 6. The van der Waals surface area contributed by atoms with Crippen LogP contribution < -0.4 is 5.32 Å². The molecular formula is C28H33N5S. The van der Waals surface area contributed by atoms with Gasteiger partial charge in [0.15, 0.2) is 5.84 Å². The van der Waals surface area contributed by atoms with Crippen LogP contribution in [0.3, 0.4) is 0 Å². The lowest BCUT2D eigenvalue weighted by Crippen LogP contribution is -2.62. The van der Waals surface area contributed by atoms with Gasteiger partial charge in [0.2, 0.25) is 0 Å². The maximum atomic E-state index is 5.28. The van der Waals surface area contributed by atoms with Gasteiger partial charge in [0.1, 0.15) is 10.7 Å². The summed E-state index contributed by atoms with van der Waals surface area (Å²) < 4.78 is 0. The van der Waals surface area contributed by atoms with Gasteiger partial charge in [-0.2, -0.15) is 0 Å². The lowest BCUT2D eigenvalue weighted by atomic mass is 9.84. The predicted molar refractivity (Wildman–Crippen MR) is 142 cm³/mol. The predicted octanol–water partition coefficient (Wildman–Crippen LogP) is 6.09. The Labute approximate surface area is 206 Å². The number of piperazine rings is 1. The summed E-state index contributed by atoms with van der Waals surface area (Å²) >= 11 is 1.67. The third kappa shape index (κ3) is 4.14. The van der Waals surface area contributed by atoms with Gasteiger partial charge in [0.05, 0.1) is 16.9 Å². The largest absolute Gasteiger partial charge is 0.349 e. The molecule has 1 aliphatic carbocycles. The third-order valence-electron chi connectivity index (χ3n) is 7.90. The number of nitrogens with one attached hydrogen (secondary N) is 1. The molecule has 34 heavy (non-hydrogen) atoms. The fraction of sp³-hybridized carbons (Fsp3) is 0.429. The number of benzene rings is 2. The molecule has 2 fully saturated rings. The van der Waals surface area contributed by atoms with Crippen LogP contribution in [0.2, 0.25) is 0 Å². The summed E-state index contributed by atoms with van der Waals surface area (Å²) in [6.45, 7) is 2.05. The van der Waals surface area contributed by atoms with Crippen LogP contribution in [0, 0.1) is 5.92 Å². The zero-order chi connectivity index (χ0) is 22.9. The maximum Gasteiger partial charge on any atom is 0.158 e. The molecule has 176 valence electrons. The monoisotopic (exact) mass is 471 g/mol. The highest BCUT2D eigenvalue weighted by Crippen LogP contribution is 2.41. The average molecular weight is 472 g/mol. The topological polar surface area (TPSA) is 43.8 Å². The van der Waals surface area contributed by atoms with Crippen molar-refractivity contribution < 1.29 is 0 Å². The molecule has 1 N–H and O–H groups in total. The Balaban J connectivity index is 1.39. The van der Waals surface area contributed by atoms with Crippen molar-refractivity contribution in [2.75, 3.05) is 25.5 Å². The van der Waals surface area contributed by atoms with Gasteiger partial charge in [-0.1, -0.05) is 55.3 Å². The fourth-order valence-electron chi connectivity index (χ4n) is 6.17. The van der Waals surface area contributed by atoms with Crippen LogP contribution in [0.15, 0.2) is 65.1 Å². The van der Waals surface area contributed by atoms with Crippen LogP contribution >= 0.6 is 11.3 Å². The fourth-order valence-corrected chi connectivity index (χ4v) is 6.86. The summed E-state index contributed by atoms with van der Waals surface area (Å²) in [4.78, 5) is 15.4. The Morgan fingerprint density at radius 2 is 1.79 bits per heavy atom. The molecule has 0 amide bonds. The van der Waals surface area contributed by atoms with Gasteiger partial charge in [-0.25, -0.2) is 9.98 Å². The molecule has 5 nitrogen and oxygen atoms in total. The zero-order valence-electron chi connectivity index (χ0n) is 19.9. The number of nitrogens with zero attached hydrogens (tertiary/aromatic N) is 4. The molecule has 2 atom stereocenters. The summed E-state index contributed by atoms with van der Waals surface area (Å²) in [7, 11) is 2.33. The third-order valence-corrected chi connectivity index (χ3v) is 8.64. The van der Waals surface area contributed by atoms with E-state index in [2.05, 4.69) is 76.8 Å². The second-order valence-electron chi connectivity index (χ2n) is 9.91. The summed E-state index contributed by atoms with van der Waals surface area (Å²) in [5, 5.41) is 4.71. The number of amidine groups is 1. The van der Waals surface area contributed by atoms with E-state index in [9.17, 15) is 0 Å². The first kappa shape index (κ1) is 21.8. The zero-order valence-corrected chi connectivity index (χ0v) is 20.7. The molecule has 3 aromatic rings. The number of anilines is 2. The summed E-state index contributed by atoms with van der Waals surface area (Å²) in [6, 6.07) is 20.3. The second kappa shape index (κ2) is 9.51. The summed E-state index contributed by atoms with van der Waals surface area (Å²) in [6.07, 6.45) is 7.63. The average Bonchev–Trinajstić information content (AvgIpc) is 3.54. The van der Waals surface area contributed by atoms with Gasteiger partial charge in [-0.05, 0) is 56.3 Å². The van der Waals surface area contributed by atoms with E-state index < -0.39 is 0 Å². The van der Waals surface area contributed by atoms with E-state index in [0.29, 0.717) is 18.0 Å². The molecule has 0 radical (unpaired) electrons. The van der Waals surface area contributed by atoms with Crippen LogP contribution in [-0.4, -0.2) is 52.8 Å². The summed E-state index contributed by atoms with van der Waals surface area (Å²) in [5.74, 6) is 1.77. The van der Waals surface area contributed by atoms with Crippen LogP contribution in [0.1, 0.15) is 43.4 Å². The minimum Gasteiger partial charge on any atom is -0.349 e. The molecule has 0 spiro atoms. The Hall–Kier alpha value is -2.70. The molecule has 1 saturated carbocycles. The van der Waals surface area contributed by atoms with E-state index in [0.717, 1.165) is 47.4 Å². The van der Waals surface area contributed by atoms with Crippen molar-refractivity contribution in [1.29, 1.82) is 0 Å². The van der Waals surface area contributed by atoms with E-state index in [1.54, 1.807) is 11.3 Å². The van der Waals surface area contributed by atoms with Gasteiger partial charge in [-0.3, -0.25) is 4.90 Å². The molecule has 6 heteroatoms. The van der Waals surface area contributed by atoms with Crippen LogP contribution in [0.4, 0.5) is 16.4 Å². The highest BCUT2D eigenvalue weighted by Gasteiger charge is 2.43. The highest BCUT2D eigenvalue weighted by molar-refractivity contribution is 7.14. The van der Waals surface area contributed by atoms with Crippen LogP contribution in [0.5, 0.6) is 0 Å². The van der Waals surface area contributed by atoms with Crippen molar-refractivity contribution in [3.8, 4) is 0 Å². The van der Waals surface area contributed by atoms with Crippen molar-refractivity contribution in [2.45, 2.75) is 50.6 Å². The van der Waals surface area contributed by atoms with E-state index in [1.807, 2.05) is 5.51 Å². The Kier molecular flexibility index (Phi) is 6.10. The number of aromatic nitrogens is 1. The molecule has 0 bridgehead atoms. The Morgan fingerprint density at radius 3 is 2.65 bits per heavy atom. The highest BCUT2D eigenvalue weighted by atomic mass is 32.1. The van der Waals surface area contributed by atoms with Crippen molar-refractivity contribution in [1.82, 2.24) is 14.8 Å². The lowest BCUT2D eigenvalue weighted by molar-refractivity contribution is 0.0429. The molecule has 2 unspecified atom stereocenters. The number of rotatable bonds is 4. The van der Waals surface area contributed by atoms with Crippen molar-refractivity contribution in [2.24, 2.45) is 10.9 Å². The minimum absolute atomic E-state index is 0.462. The molecule has 3 heterocycles. The standard InChI is InChI=1S/C28H33N5S/c1-32-17-18-33(27-25-28(34-19-29-25)31-23-14-8-7-13-22(23)30-27)26(21-11-5-6-12-21)24(32)16-15-20-9-3-2-4-10-20/h2-4,7-10,13-14,19,21,24,26,31H,5-6,11-12,15-18H2,1H3. The number of aliphatic imine (C=N–C) groups is 1. The van der Waals surface area contributed by atoms with E-state index in [4.69, 9.17) is 9.98 Å². The number of hydrogen-bond donors (Lipinski definition) is 1. The Bertz CT molecular complexity index is 1150. The number of aryl methyl sites for hydroxylation is 1. The smallest absolute Gasteiger partial charge is 0.158 e. The quantitative estimate of drug-likeness (QED) is 0.500. The molecule has 2 aromatic carbocycles. The van der Waals surface area contributed by atoms with Gasteiger partial charge in [0.25, 0.3) is 0 Å². The van der Waals surface area contributed by atoms with Crippen LogP contribution in [0.25, 0.3) is 0 Å². The first-order chi connectivity index (χ1) is 16.8. The van der Waals surface area contributed by atoms with Gasteiger partial charge in [0, 0.05) is 25.2 Å². The van der Waals surface area contributed by atoms with Crippen molar-refractivity contribution in [3.05, 3.63) is 71.4 Å². The van der Waals surface area contributed by atoms with E-state index in [1.165, 1.54) is 37.7 Å². The van der Waals surface area contributed by atoms with Crippen LogP contribution in [-0.2, 0) is 6.42 Å². The molecule has 3 aliphatic rings. The van der Waals surface area contributed by atoms with Gasteiger partial charge in [-0.15, -0.1) is 11.3 Å². The van der Waals surface area contributed by atoms with Gasteiger partial charge < -0.3 is 10.2 Å². The number of likely N-dealkylation sites (N-methyl/N-ethyl adjacent to an activating group) is 1. The number of thiazole rings is 1. The molecule has 6 rings (SSSR count). The number of para-hydroxylation sites is 2. The first-order valence-electron chi connectivity index (χ1n) is 12.7. The normalized spacial score (nSPS) is 23.1. The lowest BCUT2D eigenvalue weighted by Gasteiger charge is -2.50. The van der Waals surface area contributed by atoms with Crippen molar-refractivity contribution in [3.63, 3.8) is 0 Å². The maximum absolute atomic E-state index is 5.28. The molecular weight excluding hydrogens is 438 g/mol. The minimum atomic E-state index is 0.462. The Morgan fingerprint density at radius 1 is 1.00 bits per heavy atom. The number of fused-ring (bicyclic) bond motifs is 2. The molecule has 1 saturated heterocycles. The van der Waals surface area contributed by atoms with E-state index in [-0.39, 0.29) is 0 Å². The van der Waals surface area contributed by atoms with Gasteiger partial charge >= 0.3 is 0 Å². The van der Waals surface area contributed by atoms with E-state index >= 15 is 0 Å². The second-order valence-corrected chi connectivity index (χ2v) is 10.8. The molecule has 2 aliphatic heterocycles. The molecule has 1 aromatic heterocycles. The summed E-state index contributed by atoms with van der Waals surface area (Å²) in [5.41, 5.74) is 6.47. The van der Waals surface area contributed by atoms with Crippen molar-refractivity contribution >= 4 is 33.5 Å².